The Morgan fingerprint density at radius 3 is 3.04 bits per heavy atom. The summed E-state index contributed by atoms with van der Waals surface area (Å²) in [4.78, 5) is 12.1. The van der Waals surface area contributed by atoms with Crippen LogP contribution in [0.1, 0.15) is 17.5 Å². The van der Waals surface area contributed by atoms with E-state index in [0.717, 1.165) is 10.1 Å². The minimum Gasteiger partial charge on any atom is -0.350 e. The Hall–Kier alpha value is -2.26. The molecule has 0 spiro atoms. The molecule has 6 nitrogen and oxygen atoms in total. The summed E-state index contributed by atoms with van der Waals surface area (Å²) in [5, 5.41) is 14.6. The monoisotopic (exact) mass is 350 g/mol. The molecule has 0 radical (unpaired) electrons. The fourth-order valence-corrected chi connectivity index (χ4v) is 3.41. The summed E-state index contributed by atoms with van der Waals surface area (Å²) in [6.45, 7) is 2.01. The van der Waals surface area contributed by atoms with Crippen molar-refractivity contribution in [3.63, 3.8) is 0 Å². The normalized spacial score (nSPS) is 10.7. The van der Waals surface area contributed by atoms with Crippen molar-refractivity contribution in [1.29, 1.82) is 0 Å². The maximum atomic E-state index is 13.2. The summed E-state index contributed by atoms with van der Waals surface area (Å²) in [5.41, 5.74) is 0.916. The molecule has 0 aliphatic heterocycles. The van der Waals surface area contributed by atoms with Gasteiger partial charge >= 0.3 is 0 Å². The third-order valence-electron chi connectivity index (χ3n) is 2.75. The number of thioether (sulfide) groups is 1. The van der Waals surface area contributed by atoms with Crippen LogP contribution in [-0.2, 0) is 0 Å². The minimum atomic E-state index is -0.482. The van der Waals surface area contributed by atoms with E-state index in [0.29, 0.717) is 16.4 Å². The number of nitrogens with zero attached hydrogens (tertiary/aromatic N) is 3. The summed E-state index contributed by atoms with van der Waals surface area (Å²) in [7, 11) is 0. The van der Waals surface area contributed by atoms with Crippen molar-refractivity contribution in [2.45, 2.75) is 11.3 Å². The molecule has 3 aromatic rings. The second kappa shape index (κ2) is 6.88. The minimum absolute atomic E-state index is 0.0177. The highest BCUT2D eigenvalue weighted by atomic mass is 32.2. The van der Waals surface area contributed by atoms with E-state index in [-0.39, 0.29) is 11.6 Å². The van der Waals surface area contributed by atoms with Gasteiger partial charge in [-0.1, -0.05) is 47.3 Å². The first-order valence-electron chi connectivity index (χ1n) is 6.66. The summed E-state index contributed by atoms with van der Waals surface area (Å²) in [5.74, 6) is 0.0293. The highest BCUT2D eigenvalue weighted by Crippen LogP contribution is 2.26. The number of benzene rings is 1. The Morgan fingerprint density at radius 1 is 1.39 bits per heavy atom. The van der Waals surface area contributed by atoms with Gasteiger partial charge in [0.05, 0.1) is 0 Å². The van der Waals surface area contributed by atoms with Crippen LogP contribution in [0.5, 0.6) is 0 Å². The van der Waals surface area contributed by atoms with Gasteiger partial charge in [-0.2, -0.15) is 0 Å². The third kappa shape index (κ3) is 3.74. The number of hydrogen-bond donors (Lipinski definition) is 1. The van der Waals surface area contributed by atoms with E-state index in [9.17, 15) is 9.18 Å². The lowest BCUT2D eigenvalue weighted by molar-refractivity contribution is 0.0988. The molecule has 1 N–H and O–H groups in total. The first kappa shape index (κ1) is 15.6. The van der Waals surface area contributed by atoms with Crippen molar-refractivity contribution in [1.82, 2.24) is 15.4 Å². The predicted molar refractivity (Wildman–Crippen MR) is 86.2 cm³/mol. The number of hydrogen-bond acceptors (Lipinski definition) is 7. The van der Waals surface area contributed by atoms with Crippen LogP contribution in [0.15, 0.2) is 39.2 Å². The zero-order valence-corrected chi connectivity index (χ0v) is 13.6. The standard InChI is InChI=1S/C14H11FN4O2S2/c1-2-22-14-18-17-13(23-14)16-12(20)11-7-10(19-21-11)8-4-3-5-9(15)6-8/h3-7H,2H2,1H3,(H,16,17,20). The van der Waals surface area contributed by atoms with E-state index in [1.807, 2.05) is 6.92 Å². The molecule has 0 fully saturated rings. The molecule has 118 valence electrons. The summed E-state index contributed by atoms with van der Waals surface area (Å²) in [6.07, 6.45) is 0. The highest BCUT2D eigenvalue weighted by Gasteiger charge is 2.16. The average Bonchev–Trinajstić information content (AvgIpc) is 3.17. The van der Waals surface area contributed by atoms with Crippen molar-refractivity contribution in [3.05, 3.63) is 41.9 Å². The molecule has 23 heavy (non-hydrogen) atoms. The maximum absolute atomic E-state index is 13.2. The Kier molecular flexibility index (Phi) is 4.68. The average molecular weight is 350 g/mol. The molecule has 1 amide bonds. The molecule has 0 unspecified atom stereocenters. The molecule has 0 saturated heterocycles. The zero-order valence-electron chi connectivity index (χ0n) is 11.9. The first-order valence-corrected chi connectivity index (χ1v) is 8.46. The van der Waals surface area contributed by atoms with Crippen LogP contribution < -0.4 is 5.32 Å². The lowest BCUT2D eigenvalue weighted by Gasteiger charge is -1.95. The molecule has 0 aliphatic carbocycles. The van der Waals surface area contributed by atoms with Crippen LogP contribution in [0, 0.1) is 5.82 Å². The van der Waals surface area contributed by atoms with E-state index in [4.69, 9.17) is 4.52 Å². The van der Waals surface area contributed by atoms with E-state index in [1.54, 1.807) is 23.9 Å². The fourth-order valence-electron chi connectivity index (χ4n) is 1.77. The van der Waals surface area contributed by atoms with E-state index in [1.165, 1.54) is 29.5 Å². The third-order valence-corrected chi connectivity index (χ3v) is 4.60. The molecule has 3 rings (SSSR count). The number of aromatic nitrogens is 3. The van der Waals surface area contributed by atoms with Gasteiger partial charge in [-0.05, 0) is 17.9 Å². The predicted octanol–water partition coefficient (Wildman–Crippen LogP) is 3.70. The van der Waals surface area contributed by atoms with Gasteiger partial charge in [-0.15, -0.1) is 10.2 Å². The number of amides is 1. The zero-order chi connectivity index (χ0) is 16.2. The van der Waals surface area contributed by atoms with Gasteiger partial charge in [0.15, 0.2) is 4.34 Å². The molecule has 2 heterocycles. The van der Waals surface area contributed by atoms with E-state index >= 15 is 0 Å². The summed E-state index contributed by atoms with van der Waals surface area (Å²) in [6, 6.07) is 7.35. The van der Waals surface area contributed by atoms with Gasteiger partial charge in [0.1, 0.15) is 11.5 Å². The van der Waals surface area contributed by atoms with Crippen LogP contribution in [0.3, 0.4) is 0 Å². The molecular formula is C14H11FN4O2S2. The maximum Gasteiger partial charge on any atom is 0.296 e. The number of halogens is 1. The molecule has 0 saturated carbocycles. The van der Waals surface area contributed by atoms with Crippen molar-refractivity contribution >= 4 is 34.1 Å². The van der Waals surface area contributed by atoms with Crippen LogP contribution in [0.4, 0.5) is 9.52 Å². The number of anilines is 1. The Balaban J connectivity index is 1.73. The largest absolute Gasteiger partial charge is 0.350 e. The topological polar surface area (TPSA) is 80.9 Å². The molecule has 2 aromatic heterocycles. The lowest BCUT2D eigenvalue weighted by Crippen LogP contribution is -2.10. The quantitative estimate of drug-likeness (QED) is 0.558. The molecule has 1 aromatic carbocycles. The van der Waals surface area contributed by atoms with Gasteiger partial charge < -0.3 is 4.52 Å². The van der Waals surface area contributed by atoms with E-state index < -0.39 is 5.91 Å². The number of nitrogens with one attached hydrogen (secondary N) is 1. The van der Waals surface area contributed by atoms with Crippen LogP contribution in [0.2, 0.25) is 0 Å². The SMILES string of the molecule is CCSc1nnc(NC(=O)c2cc(-c3cccc(F)c3)no2)s1. The number of rotatable bonds is 5. The van der Waals surface area contributed by atoms with Gasteiger partial charge in [0.25, 0.3) is 5.91 Å². The second-order valence-electron chi connectivity index (χ2n) is 4.35. The van der Waals surface area contributed by atoms with Crippen molar-refractivity contribution in [3.8, 4) is 11.3 Å². The van der Waals surface area contributed by atoms with Crippen LogP contribution in [-0.4, -0.2) is 27.0 Å². The molecule has 9 heteroatoms. The fraction of sp³-hybridized carbons (Fsp3) is 0.143. The first-order chi connectivity index (χ1) is 11.2. The smallest absolute Gasteiger partial charge is 0.296 e. The van der Waals surface area contributed by atoms with Crippen molar-refractivity contribution < 1.29 is 13.7 Å². The Morgan fingerprint density at radius 2 is 2.26 bits per heavy atom. The van der Waals surface area contributed by atoms with Crippen molar-refractivity contribution in [2.24, 2.45) is 0 Å². The van der Waals surface area contributed by atoms with E-state index in [2.05, 4.69) is 20.7 Å². The second-order valence-corrected chi connectivity index (χ2v) is 6.84. The number of carbonyl (C=O) groups is 1. The number of carbonyl (C=O) groups excluding carboxylic acids is 1. The van der Waals surface area contributed by atoms with Gasteiger partial charge in [-0.3, -0.25) is 10.1 Å². The van der Waals surface area contributed by atoms with Gasteiger partial charge in [0, 0.05) is 11.6 Å². The molecule has 0 atom stereocenters. The molecule has 0 bridgehead atoms. The summed E-state index contributed by atoms with van der Waals surface area (Å²) < 4.78 is 19.0. The van der Waals surface area contributed by atoms with Crippen LogP contribution >= 0.6 is 23.1 Å². The Bertz CT molecular complexity index is 834. The Labute approximate surface area is 139 Å². The molecule has 0 aliphatic rings. The lowest BCUT2D eigenvalue weighted by atomic mass is 10.1. The molecular weight excluding hydrogens is 339 g/mol. The van der Waals surface area contributed by atoms with Gasteiger partial charge in [0.2, 0.25) is 10.9 Å². The van der Waals surface area contributed by atoms with Crippen LogP contribution in [0.25, 0.3) is 11.3 Å². The van der Waals surface area contributed by atoms with Gasteiger partial charge in [-0.25, -0.2) is 4.39 Å². The summed E-state index contributed by atoms with van der Waals surface area (Å²) >= 11 is 2.83. The van der Waals surface area contributed by atoms with Crippen molar-refractivity contribution in [2.75, 3.05) is 11.1 Å². The highest BCUT2D eigenvalue weighted by molar-refractivity contribution is 8.01.